The summed E-state index contributed by atoms with van der Waals surface area (Å²) < 4.78 is 14.9. The molecule has 4 rings (SSSR count). The number of hydrogen-bond acceptors (Lipinski definition) is 8. The molecule has 1 atom stereocenters. The van der Waals surface area contributed by atoms with Gasteiger partial charge in [0.15, 0.2) is 0 Å². The van der Waals surface area contributed by atoms with Gasteiger partial charge in [-0.2, -0.15) is 10.4 Å². The molecule has 3 aromatic heterocycles. The minimum absolute atomic E-state index is 0.274. The van der Waals surface area contributed by atoms with Gasteiger partial charge in [0.1, 0.15) is 17.7 Å². The summed E-state index contributed by atoms with van der Waals surface area (Å²) in [5.41, 5.74) is 4.83. The molecule has 0 aliphatic heterocycles. The fourth-order valence-corrected chi connectivity index (χ4v) is 3.09. The maximum absolute atomic E-state index is 13.3. The van der Waals surface area contributed by atoms with Gasteiger partial charge < -0.3 is 10.6 Å². The van der Waals surface area contributed by atoms with Crippen molar-refractivity contribution in [2.24, 2.45) is 7.05 Å². The van der Waals surface area contributed by atoms with E-state index in [1.807, 2.05) is 0 Å². The fourth-order valence-electron chi connectivity index (χ4n) is 3.09. The van der Waals surface area contributed by atoms with E-state index >= 15 is 0 Å². The van der Waals surface area contributed by atoms with Crippen molar-refractivity contribution in [1.29, 1.82) is 5.26 Å². The molecule has 10 nitrogen and oxygen atoms in total. The molecule has 0 saturated heterocycles. The highest BCUT2D eigenvalue weighted by Gasteiger charge is 2.18. The molecule has 0 saturated carbocycles. The highest BCUT2D eigenvalue weighted by molar-refractivity contribution is 5.93. The molecule has 1 unspecified atom stereocenters. The van der Waals surface area contributed by atoms with Crippen molar-refractivity contribution in [3.8, 4) is 17.2 Å². The van der Waals surface area contributed by atoms with Crippen LogP contribution in [0.15, 0.2) is 73.4 Å². The Bertz CT molecular complexity index is 1320. The van der Waals surface area contributed by atoms with Crippen LogP contribution in [0.25, 0.3) is 11.1 Å². The van der Waals surface area contributed by atoms with Crippen LogP contribution in [0.3, 0.4) is 0 Å². The Morgan fingerprint density at radius 2 is 2.03 bits per heavy atom. The summed E-state index contributed by atoms with van der Waals surface area (Å²) in [5, 5.41) is 20.0. The number of pyridine rings is 2. The molecule has 1 aromatic carbocycles. The monoisotopic (exact) mass is 458 g/mol. The molecule has 0 aliphatic rings. The first-order valence-corrected chi connectivity index (χ1v) is 10.1. The number of halogens is 1. The van der Waals surface area contributed by atoms with E-state index in [0.29, 0.717) is 16.8 Å². The van der Waals surface area contributed by atoms with Gasteiger partial charge in [0.05, 0.1) is 29.2 Å². The number of benzene rings is 1. The number of aryl methyl sites for hydroxylation is 1. The van der Waals surface area contributed by atoms with Crippen LogP contribution in [0.5, 0.6) is 0 Å². The zero-order chi connectivity index (χ0) is 23.9. The van der Waals surface area contributed by atoms with Crippen LogP contribution >= 0.6 is 0 Å². The summed E-state index contributed by atoms with van der Waals surface area (Å²) in [5.74, 6) is -0.758. The van der Waals surface area contributed by atoms with E-state index in [0.717, 1.165) is 11.8 Å². The third-order valence-corrected chi connectivity index (χ3v) is 4.68. The number of nitriles is 1. The number of rotatable bonds is 8. The van der Waals surface area contributed by atoms with Crippen molar-refractivity contribution in [2.45, 2.75) is 6.35 Å². The van der Waals surface area contributed by atoms with Gasteiger partial charge in [-0.25, -0.2) is 19.7 Å². The predicted octanol–water partition coefficient (Wildman–Crippen LogP) is 3.06. The summed E-state index contributed by atoms with van der Waals surface area (Å²) in [7, 11) is 1.78. The molecule has 0 radical (unpaired) electrons. The lowest BCUT2D eigenvalue weighted by Crippen LogP contribution is -2.39. The highest BCUT2D eigenvalue weighted by atomic mass is 19.1. The minimum atomic E-state index is -1.07. The molecule has 0 spiro atoms. The van der Waals surface area contributed by atoms with Gasteiger partial charge in [-0.3, -0.25) is 14.5 Å². The molecular weight excluding hydrogens is 439 g/mol. The number of anilines is 2. The molecule has 0 bridgehead atoms. The van der Waals surface area contributed by atoms with Crippen LogP contribution < -0.4 is 16.1 Å². The van der Waals surface area contributed by atoms with Crippen LogP contribution in [0.1, 0.15) is 15.9 Å². The number of aromatic nitrogens is 4. The van der Waals surface area contributed by atoms with E-state index in [-0.39, 0.29) is 11.4 Å². The van der Waals surface area contributed by atoms with Crippen molar-refractivity contribution >= 4 is 17.4 Å². The van der Waals surface area contributed by atoms with Gasteiger partial charge in [-0.15, -0.1) is 0 Å². The summed E-state index contributed by atoms with van der Waals surface area (Å²) >= 11 is 0. The summed E-state index contributed by atoms with van der Waals surface area (Å²) in [6, 6.07) is 13.3. The normalized spacial score (nSPS) is 11.3. The Hall–Kier alpha value is -4.82. The van der Waals surface area contributed by atoms with Gasteiger partial charge in [-0.1, -0.05) is 12.1 Å². The molecule has 0 fully saturated rings. The number of nitrogens with one attached hydrogen (secondary N) is 3. The highest BCUT2D eigenvalue weighted by Crippen LogP contribution is 2.29. The lowest BCUT2D eigenvalue weighted by atomic mass is 10.0. The summed E-state index contributed by atoms with van der Waals surface area (Å²) in [6.07, 6.45) is 6.35. The molecule has 11 heteroatoms. The van der Waals surface area contributed by atoms with Crippen molar-refractivity contribution < 1.29 is 14.0 Å². The molecule has 3 heterocycles. The van der Waals surface area contributed by atoms with Crippen molar-refractivity contribution in [1.82, 2.24) is 25.2 Å². The Balaban J connectivity index is 1.59. The first kappa shape index (κ1) is 22.4. The quantitative estimate of drug-likeness (QED) is 0.271. The summed E-state index contributed by atoms with van der Waals surface area (Å²) in [4.78, 5) is 25.8. The maximum atomic E-state index is 13.3. The molecule has 1 amide bonds. The number of carbonyl (C=O) groups excluding carboxylic acids is 1. The van der Waals surface area contributed by atoms with Gasteiger partial charge >= 0.3 is 0 Å². The van der Waals surface area contributed by atoms with E-state index in [1.165, 1.54) is 18.3 Å². The van der Waals surface area contributed by atoms with Gasteiger partial charge in [0, 0.05) is 36.8 Å². The maximum Gasteiger partial charge on any atom is 0.276 e. The minimum Gasteiger partial charge on any atom is -0.340 e. The second-order valence-corrected chi connectivity index (χ2v) is 7.06. The second kappa shape index (κ2) is 10.2. The average molecular weight is 458 g/mol. The van der Waals surface area contributed by atoms with Crippen molar-refractivity contribution in [3.63, 3.8) is 0 Å². The van der Waals surface area contributed by atoms with Crippen LogP contribution in [-0.2, 0) is 11.9 Å². The number of carbonyl (C=O) groups is 1. The average Bonchev–Trinajstić information content (AvgIpc) is 3.30. The van der Waals surface area contributed by atoms with Gasteiger partial charge in [0.25, 0.3) is 5.91 Å². The lowest BCUT2D eigenvalue weighted by molar-refractivity contribution is 0.00729. The lowest BCUT2D eigenvalue weighted by Gasteiger charge is -2.22. The van der Waals surface area contributed by atoms with E-state index in [1.54, 1.807) is 60.7 Å². The Labute approximate surface area is 194 Å². The van der Waals surface area contributed by atoms with E-state index in [4.69, 9.17) is 4.84 Å². The van der Waals surface area contributed by atoms with Crippen molar-refractivity contribution in [2.75, 3.05) is 10.6 Å². The van der Waals surface area contributed by atoms with E-state index < -0.39 is 18.1 Å². The van der Waals surface area contributed by atoms with Crippen LogP contribution in [0.4, 0.5) is 15.9 Å². The molecule has 4 aromatic rings. The first-order chi connectivity index (χ1) is 16.5. The number of hydroxylamine groups is 1. The molecule has 0 aliphatic carbocycles. The van der Waals surface area contributed by atoms with E-state index in [9.17, 15) is 14.4 Å². The largest absolute Gasteiger partial charge is 0.340 e. The molecule has 170 valence electrons. The number of nitrogens with zero attached hydrogens (tertiary/aromatic N) is 5. The zero-order valence-electron chi connectivity index (χ0n) is 17.9. The van der Waals surface area contributed by atoms with Crippen molar-refractivity contribution in [3.05, 3.63) is 90.4 Å². The molecule has 34 heavy (non-hydrogen) atoms. The van der Waals surface area contributed by atoms with Gasteiger partial charge in [0.2, 0.25) is 6.35 Å². The Kier molecular flexibility index (Phi) is 6.71. The van der Waals surface area contributed by atoms with Crippen LogP contribution in [0.2, 0.25) is 0 Å². The second-order valence-electron chi connectivity index (χ2n) is 7.06. The van der Waals surface area contributed by atoms with Gasteiger partial charge in [-0.05, 0) is 30.3 Å². The third-order valence-electron chi connectivity index (χ3n) is 4.68. The Morgan fingerprint density at radius 1 is 1.15 bits per heavy atom. The fraction of sp³-hybridized carbons (Fsp3) is 0.0870. The Morgan fingerprint density at radius 3 is 2.71 bits per heavy atom. The SMILES string of the molecule is Cn1cc(-c2cccc(NC(Nc3ccc(F)cn3)ONC(=O)c3cccnc3)c2C#N)cn1. The smallest absolute Gasteiger partial charge is 0.276 e. The molecular formula is C23H19FN8O2. The third kappa shape index (κ3) is 5.32. The zero-order valence-corrected chi connectivity index (χ0v) is 17.9. The number of hydrogen-bond donors (Lipinski definition) is 3. The summed E-state index contributed by atoms with van der Waals surface area (Å²) in [6.45, 7) is 0. The van der Waals surface area contributed by atoms with E-state index in [2.05, 4.69) is 37.2 Å². The molecule has 3 N–H and O–H groups in total. The number of amides is 1. The first-order valence-electron chi connectivity index (χ1n) is 10.1. The standard InChI is InChI=1S/C23H19FN8O2/c1-32-14-16(12-28-32)18-5-2-6-20(19(18)10-25)29-23(30-21-8-7-17(24)13-27-21)34-31-22(33)15-4-3-9-26-11-15/h2-9,11-14,23,29H,1H3,(H,27,30)(H,31,33). The van der Waals surface area contributed by atoms with Crippen LogP contribution in [-0.4, -0.2) is 32.0 Å². The topological polar surface area (TPSA) is 130 Å². The van der Waals surface area contributed by atoms with Crippen LogP contribution in [0, 0.1) is 17.1 Å². The predicted molar refractivity (Wildman–Crippen MR) is 121 cm³/mol.